The topological polar surface area (TPSA) is 118 Å². The number of esters is 1. The molecule has 0 saturated carbocycles. The number of carbonyl (C=O) groups excluding carboxylic acids is 1. The zero-order valence-electron chi connectivity index (χ0n) is 10.7. The fourth-order valence-corrected chi connectivity index (χ4v) is 1.46. The van der Waals surface area contributed by atoms with E-state index < -0.39 is 16.0 Å². The number of carbonyl (C=O) groups is 1. The Hall–Kier alpha value is -0.0200. The molecule has 6 nitrogen and oxygen atoms in total. The van der Waals surface area contributed by atoms with Gasteiger partial charge in [0.15, 0.2) is 0 Å². The van der Waals surface area contributed by atoms with Crippen LogP contribution in [0.25, 0.3) is 0 Å². The molecule has 4 N–H and O–H groups in total. The van der Waals surface area contributed by atoms with Crippen LogP contribution in [-0.4, -0.2) is 32.8 Å². The summed E-state index contributed by atoms with van der Waals surface area (Å²) in [4.78, 5) is 9.73. The van der Waals surface area contributed by atoms with Crippen LogP contribution in [0.3, 0.4) is 0 Å². The molecule has 0 radical (unpaired) electrons. The number of hydrogen-bond acceptors (Lipinski definition) is 6. The van der Waals surface area contributed by atoms with E-state index in [1.54, 1.807) is 0 Å². The van der Waals surface area contributed by atoms with E-state index >= 15 is 0 Å². The minimum atomic E-state index is -2.48. The Morgan fingerprint density at radius 3 is 2.44 bits per heavy atom. The van der Waals surface area contributed by atoms with Gasteiger partial charge in [0.1, 0.15) is 0 Å². The van der Waals surface area contributed by atoms with Crippen molar-refractivity contribution in [2.24, 2.45) is 17.4 Å². The summed E-state index contributed by atoms with van der Waals surface area (Å²) in [6.07, 6.45) is 1.09. The van der Waals surface area contributed by atoms with Gasteiger partial charge in [0.25, 0.3) is 0 Å². The summed E-state index contributed by atoms with van der Waals surface area (Å²) < 4.78 is 26.5. The van der Waals surface area contributed by atoms with Gasteiger partial charge in [-0.15, -0.1) is 17.0 Å². The molecule has 110 valence electrons. The second-order valence-corrected chi connectivity index (χ2v) is 5.69. The molecule has 0 bridgehead atoms. The highest BCUT2D eigenvalue weighted by atomic mass is 79.9. The van der Waals surface area contributed by atoms with Crippen LogP contribution in [0, 0.1) is 5.92 Å². The fourth-order valence-electron chi connectivity index (χ4n) is 1.07. The highest BCUT2D eigenvalue weighted by molar-refractivity contribution is 8.93. The number of ether oxygens (including phenoxy) is 1. The van der Waals surface area contributed by atoms with Crippen molar-refractivity contribution in [2.45, 2.75) is 38.0 Å². The smallest absolute Gasteiger partial charge is 0.305 e. The molecule has 0 aliphatic rings. The maximum absolute atomic E-state index is 11.2. The van der Waals surface area contributed by atoms with Gasteiger partial charge >= 0.3 is 5.97 Å². The van der Waals surface area contributed by atoms with Crippen LogP contribution in [0.5, 0.6) is 0 Å². The second kappa shape index (κ2) is 9.85. The summed E-state index contributed by atoms with van der Waals surface area (Å²) >= 11 is -2.48. The van der Waals surface area contributed by atoms with Crippen molar-refractivity contribution in [2.75, 3.05) is 13.2 Å². The first-order valence-electron chi connectivity index (χ1n) is 5.55. The van der Waals surface area contributed by atoms with Gasteiger partial charge in [-0.25, -0.2) is 0 Å². The highest BCUT2D eigenvalue weighted by Crippen LogP contribution is 2.10. The molecule has 0 spiro atoms. The average Bonchev–Trinajstić information content (AvgIpc) is 2.25. The first-order valence-corrected chi connectivity index (χ1v) is 6.63. The van der Waals surface area contributed by atoms with Crippen LogP contribution in [0.15, 0.2) is 0 Å². The van der Waals surface area contributed by atoms with Crippen molar-refractivity contribution in [3.8, 4) is 0 Å². The molecule has 0 aliphatic heterocycles. The van der Waals surface area contributed by atoms with Crippen molar-refractivity contribution in [1.29, 1.82) is 0 Å². The molecule has 2 atom stereocenters. The lowest BCUT2D eigenvalue weighted by Gasteiger charge is -2.29. The molecule has 0 amide bonds. The molecule has 0 saturated heterocycles. The molecule has 0 fully saturated rings. The molecule has 0 heterocycles. The van der Waals surface area contributed by atoms with Crippen molar-refractivity contribution in [1.82, 2.24) is 0 Å². The lowest BCUT2D eigenvalue weighted by molar-refractivity contribution is -0.144. The van der Waals surface area contributed by atoms with Crippen molar-refractivity contribution >= 4 is 34.0 Å². The number of halogens is 1. The van der Waals surface area contributed by atoms with Gasteiger partial charge < -0.3 is 20.8 Å². The first kappa shape index (κ1) is 20.3. The molecule has 18 heavy (non-hydrogen) atoms. The minimum absolute atomic E-state index is 0. The van der Waals surface area contributed by atoms with Crippen LogP contribution in [-0.2, 0) is 20.6 Å². The van der Waals surface area contributed by atoms with E-state index in [4.69, 9.17) is 16.2 Å². The van der Waals surface area contributed by atoms with E-state index in [-0.39, 0.29) is 42.5 Å². The van der Waals surface area contributed by atoms with Crippen LogP contribution >= 0.6 is 17.0 Å². The third-order valence-corrected chi connectivity index (χ3v) is 3.43. The second-order valence-electron chi connectivity index (χ2n) is 4.41. The monoisotopic (exact) mass is 345 g/mol. The van der Waals surface area contributed by atoms with Gasteiger partial charge in [-0.3, -0.25) is 9.00 Å². The van der Waals surface area contributed by atoms with Crippen LogP contribution in [0.2, 0.25) is 0 Å². The van der Waals surface area contributed by atoms with Gasteiger partial charge in [-0.1, -0.05) is 13.8 Å². The highest BCUT2D eigenvalue weighted by Gasteiger charge is 2.24. The molecule has 2 unspecified atom stereocenters. The summed E-state index contributed by atoms with van der Waals surface area (Å²) in [7, 11) is 0. The minimum Gasteiger partial charge on any atom is -0.771 e. The molecule has 0 aromatic heterocycles. The Morgan fingerprint density at radius 1 is 1.50 bits per heavy atom. The van der Waals surface area contributed by atoms with E-state index in [0.717, 1.165) is 6.42 Å². The molecule has 0 aliphatic carbocycles. The van der Waals surface area contributed by atoms with Crippen LogP contribution in [0.4, 0.5) is 0 Å². The molecular formula is C10H22BrN2O4S-. The Morgan fingerprint density at radius 2 is 2.06 bits per heavy atom. The molecular weight excluding hydrogens is 324 g/mol. The summed E-state index contributed by atoms with van der Waals surface area (Å²) in [5.41, 5.74) is 10.8. The van der Waals surface area contributed by atoms with E-state index in [1.807, 2.05) is 13.8 Å². The molecule has 8 heteroatoms. The lowest BCUT2D eigenvalue weighted by Crippen LogP contribution is -2.51. The van der Waals surface area contributed by atoms with Crippen LogP contribution in [0.1, 0.15) is 33.1 Å². The maximum atomic E-state index is 11.2. The standard InChI is InChI=1S/C10H22N2O4S.BrH/c1-8(2)3-4-9(13)16-6-5-10(12,7-11)17(14)15;/h8H,3-7,11-12H2,1-2H3,(H,14,15);1H/p-1. The number of nitrogens with two attached hydrogens (primary N) is 2. The van der Waals surface area contributed by atoms with Gasteiger partial charge in [0.05, 0.1) is 11.5 Å². The quantitative estimate of drug-likeness (QED) is 0.486. The van der Waals surface area contributed by atoms with Crippen molar-refractivity contribution in [3.05, 3.63) is 0 Å². The number of rotatable bonds is 8. The van der Waals surface area contributed by atoms with E-state index in [2.05, 4.69) is 0 Å². The van der Waals surface area contributed by atoms with E-state index in [0.29, 0.717) is 12.3 Å². The third-order valence-electron chi connectivity index (χ3n) is 2.39. The van der Waals surface area contributed by atoms with E-state index in [9.17, 15) is 13.6 Å². The van der Waals surface area contributed by atoms with Crippen molar-refractivity contribution < 1.29 is 18.3 Å². The third kappa shape index (κ3) is 8.15. The zero-order valence-corrected chi connectivity index (χ0v) is 13.2. The molecule has 0 rings (SSSR count). The Labute approximate surface area is 121 Å². The number of hydrogen-bond donors (Lipinski definition) is 2. The van der Waals surface area contributed by atoms with Gasteiger partial charge in [-0.05, 0) is 23.4 Å². The Kier molecular flexibility index (Phi) is 11.1. The Balaban J connectivity index is 0. The van der Waals surface area contributed by atoms with Gasteiger partial charge in [-0.2, -0.15) is 0 Å². The lowest BCUT2D eigenvalue weighted by atomic mass is 10.1. The SMILES string of the molecule is Br.CC(C)CCC(=O)OCCC(N)(CN)S(=O)[O-]. The fraction of sp³-hybridized carbons (Fsp3) is 0.900. The zero-order chi connectivity index (χ0) is 13.5. The summed E-state index contributed by atoms with van der Waals surface area (Å²) in [6.45, 7) is 3.78. The first-order chi connectivity index (χ1) is 7.81. The van der Waals surface area contributed by atoms with Crippen LogP contribution < -0.4 is 11.5 Å². The summed E-state index contributed by atoms with van der Waals surface area (Å²) in [6, 6.07) is 0. The summed E-state index contributed by atoms with van der Waals surface area (Å²) in [5.74, 6) is 0.0871. The predicted octanol–water partition coefficient (Wildman–Crippen LogP) is 0.427. The van der Waals surface area contributed by atoms with Gasteiger partial charge in [0.2, 0.25) is 0 Å². The normalized spacial score (nSPS) is 15.7. The summed E-state index contributed by atoms with van der Waals surface area (Å²) in [5, 5.41) is 0. The maximum Gasteiger partial charge on any atom is 0.305 e. The van der Waals surface area contributed by atoms with Crippen molar-refractivity contribution in [3.63, 3.8) is 0 Å². The molecule has 0 aromatic carbocycles. The Bertz CT molecular complexity index is 279. The predicted molar refractivity (Wildman–Crippen MR) is 74.9 cm³/mol. The molecule has 0 aromatic rings. The average molecular weight is 346 g/mol. The largest absolute Gasteiger partial charge is 0.771 e. The van der Waals surface area contributed by atoms with Gasteiger partial charge in [0, 0.05) is 19.4 Å². The van der Waals surface area contributed by atoms with E-state index in [1.165, 1.54) is 0 Å².